The van der Waals surface area contributed by atoms with Gasteiger partial charge in [-0.3, -0.25) is 0 Å². The van der Waals surface area contributed by atoms with E-state index in [0.29, 0.717) is 0 Å². The molecule has 3 nitrogen and oxygen atoms in total. The van der Waals surface area contributed by atoms with Gasteiger partial charge >= 0.3 is 71.6 Å². The molecule has 0 radical (unpaired) electrons. The van der Waals surface area contributed by atoms with Gasteiger partial charge in [0, 0.05) is 0 Å². The molecule has 0 aromatic heterocycles. The summed E-state index contributed by atoms with van der Waals surface area (Å²) in [6, 6.07) is 0. The quantitative estimate of drug-likeness (QED) is 0.548. The summed E-state index contributed by atoms with van der Waals surface area (Å²) in [4.78, 5) is 0. The molecule has 4 heteroatoms. The van der Waals surface area contributed by atoms with E-state index in [2.05, 4.69) is 5.76 Å². The van der Waals surface area contributed by atoms with Crippen molar-refractivity contribution in [1.82, 2.24) is 0 Å². The zero-order valence-electron chi connectivity index (χ0n) is 7.47. The molecule has 0 amide bonds. The van der Waals surface area contributed by atoms with Gasteiger partial charge in [0.25, 0.3) is 0 Å². The zero-order chi connectivity index (χ0) is 8.74. The van der Waals surface area contributed by atoms with Crippen LogP contribution >= 0.6 is 0 Å². The average Bonchev–Trinajstić information content (AvgIpc) is 1.88. The topological polar surface area (TPSA) is 78.1 Å². The predicted octanol–water partition coefficient (Wildman–Crippen LogP) is -0.0589. The zero-order valence-corrected chi connectivity index (χ0v) is 9.57. The molecule has 0 aromatic rings. The first-order valence-electron chi connectivity index (χ1n) is 4.29. The standard InChI is InChI=1S/C7H21GeN3/c1-8(2-5-9,3-6-10)4-7-11/h2-7,9-11H2,1H3. The van der Waals surface area contributed by atoms with Gasteiger partial charge in [-0.2, -0.15) is 0 Å². The van der Waals surface area contributed by atoms with Crippen LogP contribution in [0.25, 0.3) is 0 Å². The van der Waals surface area contributed by atoms with Crippen LogP contribution in [0, 0.1) is 0 Å². The summed E-state index contributed by atoms with van der Waals surface area (Å²) in [7, 11) is 0. The number of nitrogens with two attached hydrogens (primary N) is 3. The van der Waals surface area contributed by atoms with Crippen molar-refractivity contribution in [1.29, 1.82) is 0 Å². The van der Waals surface area contributed by atoms with Crippen LogP contribution in [-0.2, 0) is 0 Å². The van der Waals surface area contributed by atoms with Crippen LogP contribution in [0.1, 0.15) is 0 Å². The van der Waals surface area contributed by atoms with E-state index in [1.165, 1.54) is 15.8 Å². The van der Waals surface area contributed by atoms with E-state index in [1.54, 1.807) is 0 Å². The molecule has 0 atom stereocenters. The molecular formula is C7H21GeN3. The van der Waals surface area contributed by atoms with E-state index in [0.717, 1.165) is 19.6 Å². The molecule has 0 fully saturated rings. The molecule has 0 aliphatic carbocycles. The normalized spacial score (nSPS) is 12.0. The SMILES string of the molecule is [CH3][Ge]([CH2]CN)([CH2]CN)[CH2]CN. The van der Waals surface area contributed by atoms with E-state index in [1.807, 2.05) is 0 Å². The average molecular weight is 220 g/mol. The van der Waals surface area contributed by atoms with Crippen molar-refractivity contribution < 1.29 is 0 Å². The van der Waals surface area contributed by atoms with Crippen molar-refractivity contribution in [2.24, 2.45) is 17.2 Å². The van der Waals surface area contributed by atoms with Crippen LogP contribution in [0.2, 0.25) is 21.5 Å². The van der Waals surface area contributed by atoms with Gasteiger partial charge in [-0.15, -0.1) is 0 Å². The predicted molar refractivity (Wildman–Crippen MR) is 53.2 cm³/mol. The Morgan fingerprint density at radius 3 is 1.27 bits per heavy atom. The van der Waals surface area contributed by atoms with Gasteiger partial charge < -0.3 is 0 Å². The maximum atomic E-state index is 5.54. The number of hydrogen-bond donors (Lipinski definition) is 3. The third-order valence-electron chi connectivity index (χ3n) is 2.24. The summed E-state index contributed by atoms with van der Waals surface area (Å²) in [5.74, 6) is 2.40. The Morgan fingerprint density at radius 2 is 1.09 bits per heavy atom. The van der Waals surface area contributed by atoms with Crippen molar-refractivity contribution >= 4 is 13.3 Å². The summed E-state index contributed by atoms with van der Waals surface area (Å²) in [5.41, 5.74) is 16.6. The Hall–Kier alpha value is 0.423. The monoisotopic (exact) mass is 221 g/mol. The van der Waals surface area contributed by atoms with Crippen molar-refractivity contribution in [2.75, 3.05) is 19.6 Å². The Labute approximate surface area is 72.1 Å². The Balaban J connectivity index is 3.79. The minimum atomic E-state index is -1.61. The summed E-state index contributed by atoms with van der Waals surface area (Å²) in [6.07, 6.45) is 0. The summed E-state index contributed by atoms with van der Waals surface area (Å²) >= 11 is -1.61. The fraction of sp³-hybridized carbons (Fsp3) is 1.00. The van der Waals surface area contributed by atoms with E-state index in [9.17, 15) is 0 Å². The molecule has 0 saturated carbocycles. The summed E-state index contributed by atoms with van der Waals surface area (Å²) < 4.78 is 0. The first-order valence-corrected chi connectivity index (χ1v) is 10.8. The summed E-state index contributed by atoms with van der Waals surface area (Å²) in [6.45, 7) is 2.45. The molecule has 68 valence electrons. The molecule has 0 aliphatic rings. The Morgan fingerprint density at radius 1 is 0.818 bits per heavy atom. The number of rotatable bonds is 6. The van der Waals surface area contributed by atoms with Gasteiger partial charge in [-0.05, 0) is 0 Å². The van der Waals surface area contributed by atoms with Crippen molar-refractivity contribution in [3.05, 3.63) is 0 Å². The maximum absolute atomic E-state index is 5.54. The van der Waals surface area contributed by atoms with Crippen molar-refractivity contribution in [2.45, 2.75) is 21.5 Å². The third-order valence-corrected chi connectivity index (χ3v) is 11.7. The molecule has 0 aromatic carbocycles. The van der Waals surface area contributed by atoms with Gasteiger partial charge in [-0.1, -0.05) is 0 Å². The van der Waals surface area contributed by atoms with E-state index in [-0.39, 0.29) is 0 Å². The molecule has 0 saturated heterocycles. The molecule has 0 spiro atoms. The molecule has 11 heavy (non-hydrogen) atoms. The van der Waals surface area contributed by atoms with Crippen LogP contribution in [0.5, 0.6) is 0 Å². The van der Waals surface area contributed by atoms with Crippen LogP contribution in [-0.4, -0.2) is 32.9 Å². The van der Waals surface area contributed by atoms with E-state index < -0.39 is 13.3 Å². The second kappa shape index (κ2) is 6.00. The molecule has 0 unspecified atom stereocenters. The van der Waals surface area contributed by atoms with Crippen LogP contribution in [0.3, 0.4) is 0 Å². The van der Waals surface area contributed by atoms with Crippen LogP contribution in [0.15, 0.2) is 0 Å². The first-order chi connectivity index (χ1) is 5.18. The Kier molecular flexibility index (Phi) is 6.23. The Bertz CT molecular complexity index is 80.7. The van der Waals surface area contributed by atoms with E-state index >= 15 is 0 Å². The van der Waals surface area contributed by atoms with Gasteiger partial charge in [0.2, 0.25) is 0 Å². The second-order valence-corrected chi connectivity index (χ2v) is 14.2. The van der Waals surface area contributed by atoms with Gasteiger partial charge in [-0.25, -0.2) is 0 Å². The summed E-state index contributed by atoms with van der Waals surface area (Å²) in [5, 5.41) is 3.65. The minimum absolute atomic E-state index is 0.816. The van der Waals surface area contributed by atoms with Crippen LogP contribution in [0.4, 0.5) is 0 Å². The van der Waals surface area contributed by atoms with E-state index in [4.69, 9.17) is 17.2 Å². The van der Waals surface area contributed by atoms with Crippen LogP contribution < -0.4 is 17.2 Å². The van der Waals surface area contributed by atoms with Crippen molar-refractivity contribution in [3.63, 3.8) is 0 Å². The fourth-order valence-corrected chi connectivity index (χ4v) is 7.38. The molecule has 0 heterocycles. The van der Waals surface area contributed by atoms with Gasteiger partial charge in [0.1, 0.15) is 0 Å². The first kappa shape index (κ1) is 11.4. The van der Waals surface area contributed by atoms with Gasteiger partial charge in [0.15, 0.2) is 0 Å². The fourth-order valence-electron chi connectivity index (χ4n) is 1.42. The molecule has 0 aliphatic heterocycles. The number of hydrogen-bond acceptors (Lipinski definition) is 3. The molecule has 0 rings (SSSR count). The third kappa shape index (κ3) is 4.79. The second-order valence-electron chi connectivity index (χ2n) is 3.43. The van der Waals surface area contributed by atoms with Crippen molar-refractivity contribution in [3.8, 4) is 0 Å². The van der Waals surface area contributed by atoms with Gasteiger partial charge in [0.05, 0.1) is 0 Å². The molecular weight excluding hydrogens is 199 g/mol. The molecule has 6 N–H and O–H groups in total. The molecule has 0 bridgehead atoms.